The number of hydrogen-bond acceptors (Lipinski definition) is 3. The van der Waals surface area contributed by atoms with Crippen LogP contribution in [-0.2, 0) is 4.79 Å². The predicted octanol–water partition coefficient (Wildman–Crippen LogP) is 2.17. The first-order valence-corrected chi connectivity index (χ1v) is 6.49. The van der Waals surface area contributed by atoms with E-state index in [9.17, 15) is 4.79 Å². The van der Waals surface area contributed by atoms with Crippen LogP contribution in [-0.4, -0.2) is 18.6 Å². The topological polar surface area (TPSA) is 64.3 Å². The molecule has 0 aliphatic heterocycles. The van der Waals surface area contributed by atoms with Crippen LogP contribution in [0.25, 0.3) is 0 Å². The molecule has 0 saturated carbocycles. The van der Waals surface area contributed by atoms with Gasteiger partial charge in [-0.15, -0.1) is 6.58 Å². The average molecular weight is 262 g/mol. The van der Waals surface area contributed by atoms with Crippen molar-refractivity contribution in [3.05, 3.63) is 42.5 Å². The second-order valence-corrected chi connectivity index (χ2v) is 4.35. The van der Waals surface area contributed by atoms with Crippen molar-refractivity contribution in [1.29, 1.82) is 0 Å². The number of carbonyl (C=O) groups excluding carboxylic acids is 1. The first-order chi connectivity index (χ1) is 9.10. The van der Waals surface area contributed by atoms with E-state index >= 15 is 0 Å². The molecule has 0 aromatic heterocycles. The van der Waals surface area contributed by atoms with Crippen molar-refractivity contribution < 1.29 is 9.53 Å². The van der Waals surface area contributed by atoms with E-state index in [2.05, 4.69) is 11.9 Å². The molecule has 0 bridgehead atoms. The lowest BCUT2D eigenvalue weighted by Crippen LogP contribution is -2.36. The minimum Gasteiger partial charge on any atom is -0.481 e. The summed E-state index contributed by atoms with van der Waals surface area (Å²) in [5.74, 6) is 0.498. The van der Waals surface area contributed by atoms with Gasteiger partial charge in [-0.25, -0.2) is 0 Å². The Labute approximate surface area is 114 Å². The summed E-state index contributed by atoms with van der Waals surface area (Å²) in [6, 6.07) is 7.47. The molecule has 4 nitrogen and oxygen atoms in total. The van der Waals surface area contributed by atoms with Gasteiger partial charge >= 0.3 is 0 Å². The van der Waals surface area contributed by atoms with E-state index in [1.54, 1.807) is 13.0 Å². The molecule has 104 valence electrons. The smallest absolute Gasteiger partial charge is 0.261 e. The van der Waals surface area contributed by atoms with Gasteiger partial charge in [0.1, 0.15) is 5.75 Å². The van der Waals surface area contributed by atoms with Crippen LogP contribution >= 0.6 is 0 Å². The summed E-state index contributed by atoms with van der Waals surface area (Å²) < 4.78 is 5.70. The molecule has 0 saturated heterocycles. The molecule has 1 amide bonds. The Morgan fingerprint density at radius 2 is 2.21 bits per heavy atom. The number of rotatable bonds is 7. The highest BCUT2D eigenvalue weighted by molar-refractivity contribution is 5.80. The first-order valence-electron chi connectivity index (χ1n) is 6.49. The van der Waals surface area contributed by atoms with Crippen LogP contribution in [0.4, 0.5) is 0 Å². The van der Waals surface area contributed by atoms with Gasteiger partial charge in [-0.1, -0.05) is 31.2 Å². The third-order valence-corrected chi connectivity index (χ3v) is 2.85. The van der Waals surface area contributed by atoms with Crippen molar-refractivity contribution in [2.24, 2.45) is 5.73 Å². The van der Waals surface area contributed by atoms with Gasteiger partial charge in [0.25, 0.3) is 5.91 Å². The summed E-state index contributed by atoms with van der Waals surface area (Å²) in [6.07, 6.45) is 1.88. The fourth-order valence-corrected chi connectivity index (χ4v) is 1.67. The number of carbonyl (C=O) groups is 1. The summed E-state index contributed by atoms with van der Waals surface area (Å²) in [7, 11) is 0. The summed E-state index contributed by atoms with van der Waals surface area (Å²) >= 11 is 0. The van der Waals surface area contributed by atoms with Gasteiger partial charge in [0.05, 0.1) is 0 Å². The van der Waals surface area contributed by atoms with Crippen molar-refractivity contribution in [2.75, 3.05) is 6.54 Å². The van der Waals surface area contributed by atoms with Gasteiger partial charge in [0, 0.05) is 18.2 Å². The zero-order chi connectivity index (χ0) is 14.3. The number of hydrogen-bond donors (Lipinski definition) is 2. The molecule has 0 fully saturated rings. The van der Waals surface area contributed by atoms with Crippen molar-refractivity contribution in [1.82, 2.24) is 5.32 Å². The third-order valence-electron chi connectivity index (χ3n) is 2.85. The molecule has 1 aromatic carbocycles. The molecule has 0 aliphatic carbocycles. The lowest BCUT2D eigenvalue weighted by Gasteiger charge is -2.19. The van der Waals surface area contributed by atoms with Crippen molar-refractivity contribution >= 4 is 5.91 Å². The Bertz CT molecular complexity index is 432. The van der Waals surface area contributed by atoms with Gasteiger partial charge in [-0.05, 0) is 19.4 Å². The second kappa shape index (κ2) is 7.59. The largest absolute Gasteiger partial charge is 0.481 e. The standard InChI is InChI=1S/C15H22N2O2/c1-4-10-17-15(18)11(3)19-14-9-7-6-8-12(14)13(16)5-2/h4,6-9,11,13H,1,5,10,16H2,2-3H3,(H,17,18). The lowest BCUT2D eigenvalue weighted by atomic mass is 10.0. The molecule has 3 N–H and O–H groups in total. The summed E-state index contributed by atoms with van der Waals surface area (Å²) in [4.78, 5) is 11.7. The first kappa shape index (κ1) is 15.2. The van der Waals surface area contributed by atoms with E-state index in [0.717, 1.165) is 12.0 Å². The fraction of sp³-hybridized carbons (Fsp3) is 0.400. The zero-order valence-corrected chi connectivity index (χ0v) is 11.6. The molecule has 2 atom stereocenters. The maximum absolute atomic E-state index is 11.7. The number of ether oxygens (including phenoxy) is 1. The average Bonchev–Trinajstić information content (AvgIpc) is 2.44. The second-order valence-electron chi connectivity index (χ2n) is 4.35. The van der Waals surface area contributed by atoms with Crippen LogP contribution in [0.2, 0.25) is 0 Å². The lowest BCUT2D eigenvalue weighted by molar-refractivity contribution is -0.127. The fourth-order valence-electron chi connectivity index (χ4n) is 1.67. The van der Waals surface area contributed by atoms with E-state index in [4.69, 9.17) is 10.5 Å². The Balaban J connectivity index is 2.76. The normalized spacial score (nSPS) is 13.4. The quantitative estimate of drug-likeness (QED) is 0.740. The predicted molar refractivity (Wildman–Crippen MR) is 77.0 cm³/mol. The summed E-state index contributed by atoms with van der Waals surface area (Å²) in [6.45, 7) is 7.72. The van der Waals surface area contributed by atoms with Gasteiger partial charge in [0.15, 0.2) is 6.10 Å². The SMILES string of the molecule is C=CCNC(=O)C(C)Oc1ccccc1C(N)CC. The van der Waals surface area contributed by atoms with Crippen LogP contribution in [0, 0.1) is 0 Å². The molecular weight excluding hydrogens is 240 g/mol. The molecule has 1 rings (SSSR count). The van der Waals surface area contributed by atoms with Gasteiger partial charge in [-0.3, -0.25) is 4.79 Å². The van der Waals surface area contributed by atoms with Crippen LogP contribution < -0.4 is 15.8 Å². The Morgan fingerprint density at radius 1 is 1.53 bits per heavy atom. The highest BCUT2D eigenvalue weighted by atomic mass is 16.5. The molecule has 0 heterocycles. The van der Waals surface area contributed by atoms with E-state index in [1.165, 1.54) is 0 Å². The van der Waals surface area contributed by atoms with Crippen LogP contribution in [0.3, 0.4) is 0 Å². The van der Waals surface area contributed by atoms with Crippen LogP contribution in [0.15, 0.2) is 36.9 Å². The van der Waals surface area contributed by atoms with Crippen LogP contribution in [0.5, 0.6) is 5.75 Å². The van der Waals surface area contributed by atoms with Gasteiger partial charge in [0.2, 0.25) is 0 Å². The number of amides is 1. The van der Waals surface area contributed by atoms with Gasteiger partial charge < -0.3 is 15.8 Å². The van der Waals surface area contributed by atoms with E-state index in [0.29, 0.717) is 12.3 Å². The highest BCUT2D eigenvalue weighted by Gasteiger charge is 2.17. The van der Waals surface area contributed by atoms with Crippen molar-refractivity contribution in [3.8, 4) is 5.75 Å². The molecule has 0 spiro atoms. The Morgan fingerprint density at radius 3 is 2.84 bits per heavy atom. The number of para-hydroxylation sites is 1. The monoisotopic (exact) mass is 262 g/mol. The van der Waals surface area contributed by atoms with E-state index in [1.807, 2.05) is 31.2 Å². The van der Waals surface area contributed by atoms with E-state index in [-0.39, 0.29) is 11.9 Å². The number of benzene rings is 1. The molecule has 4 heteroatoms. The minimum absolute atomic E-state index is 0.0837. The maximum atomic E-state index is 11.7. The minimum atomic E-state index is -0.565. The van der Waals surface area contributed by atoms with Crippen molar-refractivity contribution in [2.45, 2.75) is 32.4 Å². The third kappa shape index (κ3) is 4.41. The number of nitrogens with one attached hydrogen (secondary N) is 1. The summed E-state index contributed by atoms with van der Waals surface area (Å²) in [5, 5.41) is 2.70. The highest BCUT2D eigenvalue weighted by Crippen LogP contribution is 2.26. The molecule has 0 radical (unpaired) electrons. The van der Waals surface area contributed by atoms with Crippen LogP contribution in [0.1, 0.15) is 31.9 Å². The molecule has 1 aromatic rings. The Hall–Kier alpha value is -1.81. The molecule has 19 heavy (non-hydrogen) atoms. The Kier molecular flexibility index (Phi) is 6.09. The molecular formula is C15H22N2O2. The number of nitrogens with two attached hydrogens (primary N) is 1. The van der Waals surface area contributed by atoms with E-state index < -0.39 is 6.10 Å². The molecule has 0 aliphatic rings. The van der Waals surface area contributed by atoms with Gasteiger partial charge in [-0.2, -0.15) is 0 Å². The summed E-state index contributed by atoms with van der Waals surface area (Å²) in [5.41, 5.74) is 6.96. The van der Waals surface area contributed by atoms with Crippen molar-refractivity contribution in [3.63, 3.8) is 0 Å². The zero-order valence-electron chi connectivity index (χ0n) is 11.6. The molecule has 2 unspecified atom stereocenters. The maximum Gasteiger partial charge on any atom is 0.261 e.